The molecule has 0 spiro atoms. The Bertz CT molecular complexity index is 596. The molecule has 0 aliphatic carbocycles. The van der Waals surface area contributed by atoms with Gasteiger partial charge in [-0.05, 0) is 43.6 Å². The molecule has 0 aromatic heterocycles. The van der Waals surface area contributed by atoms with Crippen molar-refractivity contribution in [2.24, 2.45) is 4.99 Å². The van der Waals surface area contributed by atoms with Gasteiger partial charge >= 0.3 is 6.18 Å². The number of likely N-dealkylation sites (tertiary alicyclic amines) is 1. The number of nitrogens with zero attached hydrogens (tertiary/aromatic N) is 2. The monoisotopic (exact) mass is 514 g/mol. The average Bonchev–Trinajstić information content (AvgIpc) is 2.67. The lowest BCUT2D eigenvalue weighted by atomic mass is 10.0. The Balaban J connectivity index is 0.00000392. The lowest BCUT2D eigenvalue weighted by Crippen LogP contribution is -2.48. The maximum Gasteiger partial charge on any atom is 0.422 e. The van der Waals surface area contributed by atoms with Crippen LogP contribution in [-0.2, 0) is 6.54 Å². The number of benzene rings is 1. The summed E-state index contributed by atoms with van der Waals surface area (Å²) in [5, 5.41) is 6.60. The van der Waals surface area contributed by atoms with Crippen molar-refractivity contribution < 1.29 is 17.9 Å². The van der Waals surface area contributed by atoms with Gasteiger partial charge in [0.05, 0.1) is 0 Å². The van der Waals surface area contributed by atoms with Crippen LogP contribution in [0.5, 0.6) is 5.75 Å². The van der Waals surface area contributed by atoms with Gasteiger partial charge in [0.2, 0.25) is 0 Å². The molecule has 1 fully saturated rings. The molecule has 2 rings (SSSR count). The lowest BCUT2D eigenvalue weighted by Gasteiger charge is -2.35. The summed E-state index contributed by atoms with van der Waals surface area (Å²) in [6.45, 7) is 4.49. The number of piperidine rings is 1. The standard InChI is InChI=1S/C19H29F3N4O.HI/c1-3-26-11-5-4-6-16(26)13-25-18(23-2)24-12-15-7-9-17(10-8-15)27-14-19(20,21)22;/h7-10,16H,3-6,11-14H2,1-2H3,(H2,23,24,25);1H. The van der Waals surface area contributed by atoms with E-state index < -0.39 is 12.8 Å². The first-order chi connectivity index (χ1) is 12.9. The first kappa shape index (κ1) is 24.8. The fourth-order valence-electron chi connectivity index (χ4n) is 3.20. The number of hydrogen-bond acceptors (Lipinski definition) is 3. The molecule has 0 saturated carbocycles. The zero-order valence-electron chi connectivity index (χ0n) is 16.4. The smallest absolute Gasteiger partial charge is 0.422 e. The zero-order valence-corrected chi connectivity index (χ0v) is 18.7. The molecular formula is C19H30F3IN4O. The van der Waals surface area contributed by atoms with E-state index >= 15 is 0 Å². The van der Waals surface area contributed by atoms with Crippen molar-refractivity contribution in [3.05, 3.63) is 29.8 Å². The highest BCUT2D eigenvalue weighted by molar-refractivity contribution is 14.0. The molecule has 1 atom stereocenters. The molecule has 1 saturated heterocycles. The summed E-state index contributed by atoms with van der Waals surface area (Å²) in [7, 11) is 1.72. The van der Waals surface area contributed by atoms with Gasteiger partial charge in [0.15, 0.2) is 12.6 Å². The Morgan fingerprint density at radius 3 is 2.54 bits per heavy atom. The Labute approximate surface area is 182 Å². The van der Waals surface area contributed by atoms with Crippen LogP contribution in [0.15, 0.2) is 29.3 Å². The number of likely N-dealkylation sites (N-methyl/N-ethyl adjacent to an activating group) is 1. The van der Waals surface area contributed by atoms with Crippen molar-refractivity contribution in [2.45, 2.75) is 44.9 Å². The molecular weight excluding hydrogens is 484 g/mol. The minimum Gasteiger partial charge on any atom is -0.484 e. The zero-order chi connectivity index (χ0) is 19.7. The highest BCUT2D eigenvalue weighted by Gasteiger charge is 2.28. The molecule has 2 N–H and O–H groups in total. The number of nitrogens with one attached hydrogen (secondary N) is 2. The quantitative estimate of drug-likeness (QED) is 0.331. The number of hydrogen-bond donors (Lipinski definition) is 2. The van der Waals surface area contributed by atoms with Gasteiger partial charge < -0.3 is 15.4 Å². The number of guanidine groups is 1. The Kier molecular flexibility index (Phi) is 10.9. The average molecular weight is 514 g/mol. The van der Waals surface area contributed by atoms with Crippen molar-refractivity contribution in [3.63, 3.8) is 0 Å². The van der Waals surface area contributed by atoms with Crippen LogP contribution in [0.3, 0.4) is 0 Å². The summed E-state index contributed by atoms with van der Waals surface area (Å²) in [4.78, 5) is 6.73. The van der Waals surface area contributed by atoms with Crippen molar-refractivity contribution in [1.29, 1.82) is 0 Å². The number of ether oxygens (including phenoxy) is 1. The predicted molar refractivity (Wildman–Crippen MR) is 116 cm³/mol. The van der Waals surface area contributed by atoms with E-state index in [4.69, 9.17) is 4.74 Å². The second-order valence-corrected chi connectivity index (χ2v) is 6.63. The fraction of sp³-hybridized carbons (Fsp3) is 0.632. The van der Waals surface area contributed by atoms with Crippen LogP contribution in [-0.4, -0.2) is 56.4 Å². The first-order valence-electron chi connectivity index (χ1n) is 9.38. The van der Waals surface area contributed by atoms with Crippen LogP contribution in [0.4, 0.5) is 13.2 Å². The van der Waals surface area contributed by atoms with Gasteiger partial charge in [-0.15, -0.1) is 24.0 Å². The number of halogens is 4. The van der Waals surface area contributed by atoms with Crippen molar-refractivity contribution in [2.75, 3.05) is 33.3 Å². The molecule has 1 aromatic carbocycles. The molecule has 1 aliphatic heterocycles. The minimum atomic E-state index is -4.33. The molecule has 9 heteroatoms. The summed E-state index contributed by atoms with van der Waals surface area (Å²) in [5.41, 5.74) is 0.935. The van der Waals surface area contributed by atoms with Crippen LogP contribution in [0, 0.1) is 0 Å². The van der Waals surface area contributed by atoms with Gasteiger partial charge in [-0.1, -0.05) is 25.5 Å². The molecule has 1 aromatic rings. The molecule has 0 bridgehead atoms. The van der Waals surface area contributed by atoms with E-state index in [-0.39, 0.29) is 29.7 Å². The summed E-state index contributed by atoms with van der Waals surface area (Å²) in [5.74, 6) is 0.921. The first-order valence-corrected chi connectivity index (χ1v) is 9.38. The molecule has 1 unspecified atom stereocenters. The van der Waals surface area contributed by atoms with Gasteiger partial charge in [0, 0.05) is 26.2 Å². The lowest BCUT2D eigenvalue weighted by molar-refractivity contribution is -0.153. The molecule has 1 aliphatic rings. The van der Waals surface area contributed by atoms with Crippen LogP contribution in [0.2, 0.25) is 0 Å². The summed E-state index contributed by atoms with van der Waals surface area (Å²) >= 11 is 0. The molecule has 5 nitrogen and oxygen atoms in total. The highest BCUT2D eigenvalue weighted by atomic mass is 127. The van der Waals surface area contributed by atoms with Crippen molar-refractivity contribution in [3.8, 4) is 5.75 Å². The van der Waals surface area contributed by atoms with Crippen LogP contribution in [0.25, 0.3) is 0 Å². The Morgan fingerprint density at radius 1 is 1.21 bits per heavy atom. The van der Waals surface area contributed by atoms with Crippen LogP contribution in [0.1, 0.15) is 31.7 Å². The molecule has 0 amide bonds. The Morgan fingerprint density at radius 2 is 1.93 bits per heavy atom. The number of alkyl halides is 3. The third kappa shape index (κ3) is 8.85. The van der Waals surface area contributed by atoms with E-state index in [1.807, 2.05) is 0 Å². The third-order valence-electron chi connectivity index (χ3n) is 4.67. The summed E-state index contributed by atoms with van der Waals surface area (Å²) in [6, 6.07) is 7.09. The van der Waals surface area contributed by atoms with E-state index in [1.54, 1.807) is 31.3 Å². The summed E-state index contributed by atoms with van der Waals surface area (Å²) in [6.07, 6.45) is -0.612. The van der Waals surface area contributed by atoms with Crippen molar-refractivity contribution >= 4 is 29.9 Å². The topological polar surface area (TPSA) is 48.9 Å². The normalized spacial score (nSPS) is 18.3. The second kappa shape index (κ2) is 12.4. The molecule has 28 heavy (non-hydrogen) atoms. The third-order valence-corrected chi connectivity index (χ3v) is 4.67. The largest absolute Gasteiger partial charge is 0.484 e. The van der Waals surface area contributed by atoms with Gasteiger partial charge in [-0.2, -0.15) is 13.2 Å². The Hall–Kier alpha value is -1.23. The van der Waals surface area contributed by atoms with Crippen LogP contribution < -0.4 is 15.4 Å². The predicted octanol–water partition coefficient (Wildman–Crippen LogP) is 3.79. The molecule has 160 valence electrons. The highest BCUT2D eigenvalue weighted by Crippen LogP contribution is 2.19. The molecule has 1 heterocycles. The van der Waals surface area contributed by atoms with E-state index in [0.717, 1.165) is 25.2 Å². The molecule has 0 radical (unpaired) electrons. The maximum absolute atomic E-state index is 12.2. The van der Waals surface area contributed by atoms with E-state index in [9.17, 15) is 13.2 Å². The minimum absolute atomic E-state index is 0. The fourth-order valence-corrected chi connectivity index (χ4v) is 3.20. The van der Waals surface area contributed by atoms with E-state index in [2.05, 4.69) is 27.4 Å². The van der Waals surface area contributed by atoms with E-state index in [1.165, 1.54) is 19.3 Å². The number of aliphatic imine (C=N–C) groups is 1. The SMILES string of the molecule is CCN1CCCCC1CNC(=NC)NCc1ccc(OCC(F)(F)F)cc1.I. The van der Waals surface area contributed by atoms with Crippen molar-refractivity contribution in [1.82, 2.24) is 15.5 Å². The van der Waals surface area contributed by atoms with Gasteiger partial charge in [0.1, 0.15) is 5.75 Å². The number of rotatable bonds is 7. The van der Waals surface area contributed by atoms with Gasteiger partial charge in [-0.25, -0.2) is 0 Å². The maximum atomic E-state index is 12.2. The van der Waals surface area contributed by atoms with Gasteiger partial charge in [0.25, 0.3) is 0 Å². The second-order valence-electron chi connectivity index (χ2n) is 6.63. The van der Waals surface area contributed by atoms with Gasteiger partial charge in [-0.3, -0.25) is 9.89 Å². The van der Waals surface area contributed by atoms with Crippen LogP contribution >= 0.6 is 24.0 Å². The summed E-state index contributed by atoms with van der Waals surface area (Å²) < 4.78 is 41.2. The van der Waals surface area contributed by atoms with E-state index in [0.29, 0.717) is 18.5 Å².